The molecule has 1 saturated heterocycles. The largest absolute Gasteiger partial charge is 0.374 e. The average Bonchev–Trinajstić information content (AvgIpc) is 3.00. The maximum absolute atomic E-state index is 11.1. The standard InChI is InChI=1S/C25H37N5OS/c1-4-5-9-22(19(2)32-3)24(31)29-12-10-20-18-26-25(27-23(20)11-13-29)30-16-14-28(15-17-30)21-7-6-8-21/h4-5,9,18,21,24,31H,1,6-8,10-17H2,2-3H3/b9-5-,22-19-. The van der Waals surface area contributed by atoms with Crippen molar-refractivity contribution in [3.63, 3.8) is 0 Å². The predicted octanol–water partition coefficient (Wildman–Crippen LogP) is 3.25. The average molecular weight is 456 g/mol. The van der Waals surface area contributed by atoms with Crippen LogP contribution in [0.3, 0.4) is 0 Å². The first-order valence-corrected chi connectivity index (χ1v) is 13.1. The van der Waals surface area contributed by atoms with Crippen LogP contribution in [0.25, 0.3) is 0 Å². The van der Waals surface area contributed by atoms with Crippen LogP contribution in [0.15, 0.2) is 41.5 Å². The number of hydrogen-bond acceptors (Lipinski definition) is 7. The van der Waals surface area contributed by atoms with Gasteiger partial charge in [0.2, 0.25) is 5.95 Å². The molecule has 1 aromatic heterocycles. The fourth-order valence-electron chi connectivity index (χ4n) is 4.79. The number of aromatic nitrogens is 2. The number of aliphatic hydroxyl groups is 1. The third-order valence-corrected chi connectivity index (χ3v) is 8.03. The zero-order chi connectivity index (χ0) is 22.5. The first-order valence-electron chi connectivity index (χ1n) is 11.9. The number of piperazine rings is 1. The van der Waals surface area contributed by atoms with Crippen molar-refractivity contribution in [2.45, 2.75) is 51.3 Å². The SMILES string of the molecule is C=C/C=C\C(=C(/C)SC)C(O)N1CCc2cnc(N3CCN(C4CCC4)CC3)nc2CC1. The molecule has 7 heteroatoms. The fraction of sp³-hybridized carbons (Fsp3) is 0.600. The Morgan fingerprint density at radius 1 is 1.19 bits per heavy atom. The number of fused-ring (bicyclic) bond motifs is 1. The summed E-state index contributed by atoms with van der Waals surface area (Å²) in [6.07, 6.45) is 14.9. The lowest BCUT2D eigenvalue weighted by molar-refractivity contribution is 0.0381. The molecule has 3 aliphatic rings. The normalized spacial score (nSPS) is 22.8. The number of hydrogen-bond donors (Lipinski definition) is 1. The van der Waals surface area contributed by atoms with E-state index in [1.54, 1.807) is 17.8 Å². The molecule has 0 radical (unpaired) electrons. The Labute approximate surface area is 197 Å². The predicted molar refractivity (Wildman–Crippen MR) is 134 cm³/mol. The van der Waals surface area contributed by atoms with Crippen LogP contribution in [0.5, 0.6) is 0 Å². The molecule has 0 spiro atoms. The zero-order valence-corrected chi connectivity index (χ0v) is 20.4. The molecule has 1 unspecified atom stereocenters. The van der Waals surface area contributed by atoms with E-state index in [4.69, 9.17) is 9.97 Å². The molecule has 1 N–H and O–H groups in total. The molecule has 1 aliphatic carbocycles. The number of aliphatic hydroxyl groups excluding tert-OH is 1. The molecule has 4 rings (SSSR count). The molecular weight excluding hydrogens is 418 g/mol. The van der Waals surface area contributed by atoms with E-state index in [1.807, 2.05) is 24.6 Å². The van der Waals surface area contributed by atoms with E-state index in [0.29, 0.717) is 0 Å². The second-order valence-electron chi connectivity index (χ2n) is 8.97. The first-order chi connectivity index (χ1) is 15.6. The third kappa shape index (κ3) is 5.28. The highest BCUT2D eigenvalue weighted by molar-refractivity contribution is 8.02. The van der Waals surface area contributed by atoms with Gasteiger partial charge in [-0.15, -0.1) is 11.8 Å². The van der Waals surface area contributed by atoms with Gasteiger partial charge >= 0.3 is 0 Å². The maximum atomic E-state index is 11.1. The molecule has 0 aromatic carbocycles. The minimum Gasteiger partial charge on any atom is -0.374 e. The van der Waals surface area contributed by atoms with Crippen LogP contribution in [-0.4, -0.2) is 82.7 Å². The van der Waals surface area contributed by atoms with E-state index in [2.05, 4.69) is 28.2 Å². The van der Waals surface area contributed by atoms with Gasteiger partial charge < -0.3 is 10.0 Å². The Balaban J connectivity index is 1.41. The van der Waals surface area contributed by atoms with Crippen LogP contribution in [0.4, 0.5) is 5.95 Å². The van der Waals surface area contributed by atoms with Crippen LogP contribution in [0.2, 0.25) is 0 Å². The van der Waals surface area contributed by atoms with Crippen LogP contribution >= 0.6 is 11.8 Å². The van der Waals surface area contributed by atoms with Crippen molar-refractivity contribution in [1.29, 1.82) is 0 Å². The number of anilines is 1. The number of allylic oxidation sites excluding steroid dienone is 3. The lowest BCUT2D eigenvalue weighted by atomic mass is 9.91. The highest BCUT2D eigenvalue weighted by Gasteiger charge is 2.29. The summed E-state index contributed by atoms with van der Waals surface area (Å²) in [5.74, 6) is 0.874. The molecule has 1 atom stereocenters. The van der Waals surface area contributed by atoms with E-state index in [1.165, 1.54) is 24.8 Å². The number of rotatable bonds is 7. The molecule has 2 fully saturated rings. The highest BCUT2D eigenvalue weighted by atomic mass is 32.2. The maximum Gasteiger partial charge on any atom is 0.225 e. The molecule has 6 nitrogen and oxygen atoms in total. The second-order valence-corrected chi connectivity index (χ2v) is 9.99. The summed E-state index contributed by atoms with van der Waals surface area (Å²) in [7, 11) is 0. The quantitative estimate of drug-likeness (QED) is 0.634. The second kappa shape index (κ2) is 11.0. The lowest BCUT2D eigenvalue weighted by Gasteiger charge is -2.43. The number of thioether (sulfide) groups is 1. The fourth-order valence-corrected chi connectivity index (χ4v) is 5.20. The van der Waals surface area contributed by atoms with E-state index >= 15 is 0 Å². The Hall–Kier alpha value is -1.67. The van der Waals surface area contributed by atoms with Gasteiger partial charge in [-0.25, -0.2) is 9.97 Å². The van der Waals surface area contributed by atoms with Crippen molar-refractivity contribution >= 4 is 17.7 Å². The van der Waals surface area contributed by atoms with Gasteiger partial charge in [-0.2, -0.15) is 0 Å². The highest BCUT2D eigenvalue weighted by Crippen LogP contribution is 2.27. The Kier molecular flexibility index (Phi) is 8.05. The van der Waals surface area contributed by atoms with Gasteiger partial charge in [0, 0.05) is 63.5 Å². The summed E-state index contributed by atoms with van der Waals surface area (Å²) in [5, 5.41) is 11.1. The monoisotopic (exact) mass is 455 g/mol. The zero-order valence-electron chi connectivity index (χ0n) is 19.5. The van der Waals surface area contributed by atoms with Crippen LogP contribution in [-0.2, 0) is 12.8 Å². The van der Waals surface area contributed by atoms with Gasteiger partial charge in [0.15, 0.2) is 0 Å². The van der Waals surface area contributed by atoms with Crippen LogP contribution < -0.4 is 4.90 Å². The van der Waals surface area contributed by atoms with Crippen molar-refractivity contribution in [2.75, 3.05) is 50.4 Å². The summed E-state index contributed by atoms with van der Waals surface area (Å²) >= 11 is 1.67. The first kappa shape index (κ1) is 23.5. The summed E-state index contributed by atoms with van der Waals surface area (Å²) in [6, 6.07) is 0.817. The van der Waals surface area contributed by atoms with Gasteiger partial charge in [-0.3, -0.25) is 9.80 Å². The topological polar surface area (TPSA) is 55.7 Å². The smallest absolute Gasteiger partial charge is 0.225 e. The molecular formula is C25H37N5OS. The van der Waals surface area contributed by atoms with E-state index < -0.39 is 6.23 Å². The van der Waals surface area contributed by atoms with Gasteiger partial charge in [-0.1, -0.05) is 31.2 Å². The van der Waals surface area contributed by atoms with Crippen molar-refractivity contribution < 1.29 is 5.11 Å². The van der Waals surface area contributed by atoms with E-state index in [-0.39, 0.29) is 0 Å². The van der Waals surface area contributed by atoms with Crippen molar-refractivity contribution in [2.24, 2.45) is 0 Å². The minimum absolute atomic E-state index is 0.625. The van der Waals surface area contributed by atoms with Crippen LogP contribution in [0, 0.1) is 0 Å². The van der Waals surface area contributed by atoms with Crippen molar-refractivity contribution in [3.05, 3.63) is 52.7 Å². The molecule has 32 heavy (non-hydrogen) atoms. The lowest BCUT2D eigenvalue weighted by Crippen LogP contribution is -2.52. The number of nitrogens with zero attached hydrogens (tertiary/aromatic N) is 5. The van der Waals surface area contributed by atoms with Crippen molar-refractivity contribution in [3.8, 4) is 0 Å². The molecule has 174 valence electrons. The Morgan fingerprint density at radius 2 is 1.94 bits per heavy atom. The molecule has 1 saturated carbocycles. The van der Waals surface area contributed by atoms with Crippen molar-refractivity contribution in [1.82, 2.24) is 19.8 Å². The third-order valence-electron chi connectivity index (χ3n) is 7.18. The molecule has 0 amide bonds. The summed E-state index contributed by atoms with van der Waals surface area (Å²) in [5.41, 5.74) is 3.30. The van der Waals surface area contributed by atoms with Gasteiger partial charge in [0.25, 0.3) is 0 Å². The molecule has 3 heterocycles. The Bertz CT molecular complexity index is 858. The molecule has 1 aromatic rings. The van der Waals surface area contributed by atoms with Gasteiger partial charge in [0.05, 0.1) is 5.69 Å². The van der Waals surface area contributed by atoms with Crippen LogP contribution in [0.1, 0.15) is 37.4 Å². The van der Waals surface area contributed by atoms with E-state index in [0.717, 1.165) is 80.3 Å². The summed E-state index contributed by atoms with van der Waals surface area (Å²) in [6.45, 7) is 11.7. The summed E-state index contributed by atoms with van der Waals surface area (Å²) < 4.78 is 0. The van der Waals surface area contributed by atoms with E-state index in [9.17, 15) is 5.11 Å². The molecule has 2 aliphatic heterocycles. The Morgan fingerprint density at radius 3 is 2.59 bits per heavy atom. The minimum atomic E-state index is -0.625. The van der Waals surface area contributed by atoms with Gasteiger partial charge in [0.1, 0.15) is 6.23 Å². The van der Waals surface area contributed by atoms with Gasteiger partial charge in [-0.05, 0) is 42.9 Å². The molecule has 0 bridgehead atoms. The summed E-state index contributed by atoms with van der Waals surface area (Å²) in [4.78, 5) is 18.0.